The summed E-state index contributed by atoms with van der Waals surface area (Å²) in [7, 11) is 0. The summed E-state index contributed by atoms with van der Waals surface area (Å²) < 4.78 is 1.11. The average Bonchev–Trinajstić information content (AvgIpc) is 2.31. The highest BCUT2D eigenvalue weighted by atomic mass is 79.9. The quantitative estimate of drug-likeness (QED) is 0.692. The van der Waals surface area contributed by atoms with Crippen molar-refractivity contribution in [2.45, 2.75) is 0 Å². The van der Waals surface area contributed by atoms with Crippen molar-refractivity contribution in [2.75, 3.05) is 0 Å². The molecule has 0 fully saturated rings. The van der Waals surface area contributed by atoms with Gasteiger partial charge >= 0.3 is 0 Å². The van der Waals surface area contributed by atoms with E-state index in [-0.39, 0.29) is 0 Å². The van der Waals surface area contributed by atoms with Gasteiger partial charge in [0.05, 0.1) is 0 Å². The maximum atomic E-state index is 3.58. The lowest BCUT2D eigenvalue weighted by atomic mass is 10.1. The van der Waals surface area contributed by atoms with Gasteiger partial charge in [-0.15, -0.1) is 0 Å². The van der Waals surface area contributed by atoms with Gasteiger partial charge < -0.3 is 0 Å². The number of hydrogen-bond acceptors (Lipinski definition) is 0. The molecular weight excluding hydrogens is 248 g/mol. The fourth-order valence-corrected chi connectivity index (χ4v) is 1.90. The third-order valence-corrected chi connectivity index (χ3v) is 2.83. The van der Waals surface area contributed by atoms with Crippen molar-refractivity contribution in [3.63, 3.8) is 0 Å². The predicted octanol–water partition coefficient (Wildman–Crippen LogP) is 4.58. The monoisotopic (exact) mass is 258 g/mol. The van der Waals surface area contributed by atoms with Crippen molar-refractivity contribution in [1.29, 1.82) is 0 Å². The standard InChI is InChI=1S/C14H11Br/c15-14(13-9-5-2-6-10-13)11-12-7-3-1-4-8-12/h1-11H/b14-11+. The third-order valence-electron chi connectivity index (χ3n) is 2.14. The Balaban J connectivity index is 2.29. The lowest BCUT2D eigenvalue weighted by Gasteiger charge is -1.99. The van der Waals surface area contributed by atoms with Crippen LogP contribution in [0.5, 0.6) is 0 Å². The van der Waals surface area contributed by atoms with Gasteiger partial charge in [0, 0.05) is 4.48 Å². The van der Waals surface area contributed by atoms with E-state index >= 15 is 0 Å². The zero-order chi connectivity index (χ0) is 10.5. The summed E-state index contributed by atoms with van der Waals surface area (Å²) in [5.74, 6) is 0. The molecule has 0 saturated carbocycles. The normalized spacial score (nSPS) is 11.4. The SMILES string of the molecule is Br/C(=C/c1ccccc1)c1ccccc1. The van der Waals surface area contributed by atoms with E-state index in [2.05, 4.69) is 46.3 Å². The van der Waals surface area contributed by atoms with E-state index < -0.39 is 0 Å². The first-order valence-electron chi connectivity index (χ1n) is 4.84. The van der Waals surface area contributed by atoms with E-state index in [1.165, 1.54) is 11.1 Å². The van der Waals surface area contributed by atoms with Crippen molar-refractivity contribution < 1.29 is 0 Å². The Hall–Kier alpha value is -1.34. The molecule has 15 heavy (non-hydrogen) atoms. The molecule has 0 unspecified atom stereocenters. The maximum Gasteiger partial charge on any atom is 0.0253 e. The second-order valence-electron chi connectivity index (χ2n) is 3.27. The zero-order valence-electron chi connectivity index (χ0n) is 8.23. The summed E-state index contributed by atoms with van der Waals surface area (Å²) in [5, 5.41) is 0. The summed E-state index contributed by atoms with van der Waals surface area (Å²) in [5.41, 5.74) is 2.40. The minimum Gasteiger partial charge on any atom is -0.0622 e. The number of hydrogen-bond donors (Lipinski definition) is 0. The summed E-state index contributed by atoms with van der Waals surface area (Å²) >= 11 is 3.58. The Morgan fingerprint density at radius 1 is 0.800 bits per heavy atom. The Kier molecular flexibility index (Phi) is 3.36. The van der Waals surface area contributed by atoms with Gasteiger partial charge in [-0.25, -0.2) is 0 Å². The third kappa shape index (κ3) is 2.80. The van der Waals surface area contributed by atoms with E-state index in [4.69, 9.17) is 0 Å². The van der Waals surface area contributed by atoms with Gasteiger partial charge in [-0.05, 0) is 17.2 Å². The molecular formula is C14H11Br. The molecule has 0 spiro atoms. The summed E-state index contributed by atoms with van der Waals surface area (Å²) in [6.45, 7) is 0. The van der Waals surface area contributed by atoms with Crippen molar-refractivity contribution >= 4 is 26.5 Å². The fourth-order valence-electron chi connectivity index (χ4n) is 1.38. The highest BCUT2D eigenvalue weighted by molar-refractivity contribution is 9.15. The number of halogens is 1. The second kappa shape index (κ2) is 4.94. The highest BCUT2D eigenvalue weighted by Crippen LogP contribution is 2.23. The van der Waals surface area contributed by atoms with Crippen molar-refractivity contribution in [1.82, 2.24) is 0 Å². The molecule has 0 aliphatic rings. The molecule has 0 nitrogen and oxygen atoms in total. The first-order chi connectivity index (χ1) is 7.36. The van der Waals surface area contributed by atoms with Crippen LogP contribution in [0.3, 0.4) is 0 Å². The summed E-state index contributed by atoms with van der Waals surface area (Å²) in [4.78, 5) is 0. The van der Waals surface area contributed by atoms with Crippen LogP contribution in [0.15, 0.2) is 60.7 Å². The van der Waals surface area contributed by atoms with Crippen LogP contribution in [0.4, 0.5) is 0 Å². The highest BCUT2D eigenvalue weighted by Gasteiger charge is 1.95. The molecule has 74 valence electrons. The van der Waals surface area contributed by atoms with Crippen LogP contribution in [0.1, 0.15) is 11.1 Å². The smallest absolute Gasteiger partial charge is 0.0253 e. The van der Waals surface area contributed by atoms with Crippen LogP contribution < -0.4 is 0 Å². The van der Waals surface area contributed by atoms with Gasteiger partial charge in [0.15, 0.2) is 0 Å². The lowest BCUT2D eigenvalue weighted by molar-refractivity contribution is 1.64. The molecule has 0 aliphatic heterocycles. The Labute approximate surface area is 98.4 Å². The molecule has 0 aromatic heterocycles. The van der Waals surface area contributed by atoms with Crippen LogP contribution in [-0.2, 0) is 0 Å². The summed E-state index contributed by atoms with van der Waals surface area (Å²) in [6.07, 6.45) is 2.12. The fraction of sp³-hybridized carbons (Fsp3) is 0. The van der Waals surface area contributed by atoms with Crippen LogP contribution >= 0.6 is 15.9 Å². The van der Waals surface area contributed by atoms with Crippen molar-refractivity contribution in [2.24, 2.45) is 0 Å². The van der Waals surface area contributed by atoms with E-state index in [0.29, 0.717) is 0 Å². The molecule has 2 aromatic carbocycles. The molecule has 0 heterocycles. The Morgan fingerprint density at radius 2 is 1.33 bits per heavy atom. The topological polar surface area (TPSA) is 0 Å². The van der Waals surface area contributed by atoms with Gasteiger partial charge in [0.1, 0.15) is 0 Å². The molecule has 0 N–H and O–H groups in total. The zero-order valence-corrected chi connectivity index (χ0v) is 9.81. The molecule has 1 heteroatoms. The van der Waals surface area contributed by atoms with Gasteiger partial charge in [-0.3, -0.25) is 0 Å². The minimum absolute atomic E-state index is 1.11. The maximum absolute atomic E-state index is 3.58. The van der Waals surface area contributed by atoms with Crippen LogP contribution in [0.25, 0.3) is 10.6 Å². The van der Waals surface area contributed by atoms with Gasteiger partial charge in [0.2, 0.25) is 0 Å². The van der Waals surface area contributed by atoms with Gasteiger partial charge in [-0.2, -0.15) is 0 Å². The molecule has 0 radical (unpaired) electrons. The first-order valence-corrected chi connectivity index (χ1v) is 5.63. The van der Waals surface area contributed by atoms with E-state index in [0.717, 1.165) is 4.48 Å². The first kappa shape index (κ1) is 10.2. The number of rotatable bonds is 2. The van der Waals surface area contributed by atoms with Crippen molar-refractivity contribution in [3.8, 4) is 0 Å². The molecule has 2 rings (SSSR count). The molecule has 0 atom stereocenters. The van der Waals surface area contributed by atoms with Gasteiger partial charge in [-0.1, -0.05) is 76.6 Å². The Morgan fingerprint density at radius 3 is 1.93 bits per heavy atom. The molecule has 0 saturated heterocycles. The predicted molar refractivity (Wildman–Crippen MR) is 69.7 cm³/mol. The van der Waals surface area contributed by atoms with Crippen LogP contribution in [0, 0.1) is 0 Å². The van der Waals surface area contributed by atoms with Crippen LogP contribution in [0.2, 0.25) is 0 Å². The van der Waals surface area contributed by atoms with Gasteiger partial charge in [0.25, 0.3) is 0 Å². The minimum atomic E-state index is 1.11. The molecule has 0 amide bonds. The average molecular weight is 259 g/mol. The number of benzene rings is 2. The van der Waals surface area contributed by atoms with Crippen LogP contribution in [-0.4, -0.2) is 0 Å². The molecule has 0 aliphatic carbocycles. The molecule has 2 aromatic rings. The van der Waals surface area contributed by atoms with E-state index in [9.17, 15) is 0 Å². The second-order valence-corrected chi connectivity index (χ2v) is 4.12. The summed E-state index contributed by atoms with van der Waals surface area (Å²) in [6, 6.07) is 20.5. The largest absolute Gasteiger partial charge is 0.0622 e. The van der Waals surface area contributed by atoms with Crippen molar-refractivity contribution in [3.05, 3.63) is 71.8 Å². The Bertz CT molecular complexity index is 443. The molecule has 0 bridgehead atoms. The van der Waals surface area contributed by atoms with E-state index in [1.807, 2.05) is 36.4 Å². The van der Waals surface area contributed by atoms with E-state index in [1.54, 1.807) is 0 Å². The lowest BCUT2D eigenvalue weighted by Crippen LogP contribution is -1.75.